The molecule has 1 aliphatic heterocycles. The van der Waals surface area contributed by atoms with E-state index in [1.54, 1.807) is 11.8 Å². The number of likely N-dealkylation sites (tertiary alicyclic amines) is 1. The predicted molar refractivity (Wildman–Crippen MR) is 91.3 cm³/mol. The molecule has 0 bridgehead atoms. The van der Waals surface area contributed by atoms with Gasteiger partial charge in [0, 0.05) is 19.3 Å². The van der Waals surface area contributed by atoms with E-state index in [-0.39, 0.29) is 11.9 Å². The molecule has 2 rings (SSSR count). The molecular weight excluding hydrogens is 314 g/mol. The van der Waals surface area contributed by atoms with Crippen molar-refractivity contribution in [2.75, 3.05) is 25.1 Å². The minimum absolute atomic E-state index is 0.0496. The minimum Gasteiger partial charge on any atom is -0.352 e. The van der Waals surface area contributed by atoms with Gasteiger partial charge < -0.3 is 16.0 Å². The lowest BCUT2D eigenvalue weighted by Crippen LogP contribution is -2.52. The Morgan fingerprint density at radius 3 is 2.96 bits per heavy atom. The lowest BCUT2D eigenvalue weighted by Gasteiger charge is -2.35. The van der Waals surface area contributed by atoms with Crippen LogP contribution >= 0.6 is 11.8 Å². The maximum Gasteiger partial charge on any atom is 0.312 e. The van der Waals surface area contributed by atoms with Crippen molar-refractivity contribution in [3.63, 3.8) is 0 Å². The van der Waals surface area contributed by atoms with Crippen LogP contribution in [0.25, 0.3) is 0 Å². The van der Waals surface area contributed by atoms with Crippen LogP contribution in [0.5, 0.6) is 0 Å². The van der Waals surface area contributed by atoms with Crippen molar-refractivity contribution in [1.29, 1.82) is 0 Å². The van der Waals surface area contributed by atoms with Crippen LogP contribution in [0.15, 0.2) is 12.4 Å². The Balaban J connectivity index is 2.02. The molecule has 23 heavy (non-hydrogen) atoms. The third kappa shape index (κ3) is 4.89. The van der Waals surface area contributed by atoms with Crippen LogP contribution in [0.3, 0.4) is 0 Å². The molecule has 2 heterocycles. The normalized spacial score (nSPS) is 19.4. The molecule has 1 aliphatic rings. The van der Waals surface area contributed by atoms with Gasteiger partial charge in [-0.05, 0) is 43.8 Å². The summed E-state index contributed by atoms with van der Waals surface area (Å²) in [6, 6.07) is -1.00. The van der Waals surface area contributed by atoms with Gasteiger partial charge in [0.25, 0.3) is 0 Å². The van der Waals surface area contributed by atoms with E-state index in [0.29, 0.717) is 19.5 Å². The first kappa shape index (κ1) is 17.7. The van der Waals surface area contributed by atoms with Gasteiger partial charge in [0.05, 0.1) is 12.2 Å². The van der Waals surface area contributed by atoms with E-state index in [2.05, 4.69) is 10.4 Å². The number of nitrogens with two attached hydrogens (primary N) is 1. The van der Waals surface area contributed by atoms with Crippen LogP contribution in [-0.2, 0) is 4.79 Å². The smallest absolute Gasteiger partial charge is 0.312 e. The SMILES string of the molecule is CSCCC(NC(N)=O)C(=O)N1CCCC(n2cc(C)cn2)C1. The quantitative estimate of drug-likeness (QED) is 0.813. The topological polar surface area (TPSA) is 93.2 Å². The molecule has 128 valence electrons. The van der Waals surface area contributed by atoms with E-state index in [4.69, 9.17) is 5.73 Å². The van der Waals surface area contributed by atoms with Crippen molar-refractivity contribution in [3.8, 4) is 0 Å². The van der Waals surface area contributed by atoms with Crippen LogP contribution in [0.1, 0.15) is 30.9 Å². The van der Waals surface area contributed by atoms with Gasteiger partial charge in [-0.1, -0.05) is 0 Å². The fraction of sp³-hybridized carbons (Fsp3) is 0.667. The first-order valence-corrected chi connectivity index (χ1v) is 9.25. The summed E-state index contributed by atoms with van der Waals surface area (Å²) in [4.78, 5) is 25.7. The van der Waals surface area contributed by atoms with Gasteiger partial charge >= 0.3 is 6.03 Å². The molecule has 1 saturated heterocycles. The summed E-state index contributed by atoms with van der Waals surface area (Å²) in [7, 11) is 0. The molecule has 1 fully saturated rings. The lowest BCUT2D eigenvalue weighted by molar-refractivity contribution is -0.135. The van der Waals surface area contributed by atoms with Gasteiger partial charge in [0.2, 0.25) is 5.91 Å². The van der Waals surface area contributed by atoms with E-state index >= 15 is 0 Å². The standard InChI is InChI=1S/C15H25N5O2S/c1-11-8-17-20(9-11)12-4-3-6-19(10-12)14(21)13(5-7-23-2)18-15(16)22/h8-9,12-13H,3-7,10H2,1-2H3,(H3,16,18,22). The van der Waals surface area contributed by atoms with Gasteiger partial charge in [0.1, 0.15) is 6.04 Å². The Hall–Kier alpha value is -1.70. The summed E-state index contributed by atoms with van der Waals surface area (Å²) in [5, 5.41) is 6.94. The van der Waals surface area contributed by atoms with Crippen LogP contribution in [-0.4, -0.2) is 57.8 Å². The van der Waals surface area contributed by atoms with Crippen molar-refractivity contribution >= 4 is 23.7 Å². The Kier molecular flexibility index (Phi) is 6.32. The third-order valence-corrected chi connectivity index (χ3v) is 4.68. The largest absolute Gasteiger partial charge is 0.352 e. The average Bonchev–Trinajstić information content (AvgIpc) is 2.97. The number of hydrogen-bond acceptors (Lipinski definition) is 4. The summed E-state index contributed by atoms with van der Waals surface area (Å²) < 4.78 is 1.94. The van der Waals surface area contributed by atoms with E-state index < -0.39 is 12.1 Å². The second-order valence-corrected chi connectivity index (χ2v) is 6.91. The van der Waals surface area contributed by atoms with Crippen molar-refractivity contribution in [2.45, 2.75) is 38.3 Å². The number of nitrogens with one attached hydrogen (secondary N) is 1. The second kappa shape index (κ2) is 8.24. The number of piperidine rings is 1. The number of primary amides is 1. The number of rotatable bonds is 6. The molecule has 8 heteroatoms. The zero-order chi connectivity index (χ0) is 16.8. The summed E-state index contributed by atoms with van der Waals surface area (Å²) in [6.07, 6.45) is 8.33. The van der Waals surface area contributed by atoms with E-state index in [0.717, 1.165) is 24.2 Å². The Morgan fingerprint density at radius 1 is 1.57 bits per heavy atom. The van der Waals surface area contributed by atoms with E-state index in [1.807, 2.05) is 35.2 Å². The molecule has 0 saturated carbocycles. The van der Waals surface area contributed by atoms with Crippen LogP contribution in [0, 0.1) is 6.92 Å². The number of aromatic nitrogens is 2. The highest BCUT2D eigenvalue weighted by molar-refractivity contribution is 7.98. The zero-order valence-electron chi connectivity index (χ0n) is 13.7. The first-order chi connectivity index (χ1) is 11.0. The average molecular weight is 339 g/mol. The Morgan fingerprint density at radius 2 is 2.35 bits per heavy atom. The summed E-state index contributed by atoms with van der Waals surface area (Å²) in [5.41, 5.74) is 6.32. The molecule has 2 unspecified atom stereocenters. The summed E-state index contributed by atoms with van der Waals surface area (Å²) >= 11 is 1.64. The van der Waals surface area contributed by atoms with Gasteiger partial charge in [-0.15, -0.1) is 0 Å². The predicted octanol–water partition coefficient (Wildman–Crippen LogP) is 1.15. The zero-order valence-corrected chi connectivity index (χ0v) is 14.5. The van der Waals surface area contributed by atoms with Gasteiger partial charge in [0.15, 0.2) is 0 Å². The fourth-order valence-corrected chi connectivity index (χ4v) is 3.36. The third-order valence-electron chi connectivity index (χ3n) is 4.04. The number of carbonyl (C=O) groups excluding carboxylic acids is 2. The first-order valence-electron chi connectivity index (χ1n) is 7.85. The molecule has 0 spiro atoms. The molecule has 1 aromatic rings. The number of hydrogen-bond donors (Lipinski definition) is 2. The number of nitrogens with zero attached hydrogens (tertiary/aromatic N) is 3. The highest BCUT2D eigenvalue weighted by atomic mass is 32.2. The molecule has 7 nitrogen and oxygen atoms in total. The number of aryl methyl sites for hydroxylation is 1. The van der Waals surface area contributed by atoms with Crippen molar-refractivity contribution < 1.29 is 9.59 Å². The molecule has 0 aromatic carbocycles. The molecular formula is C15H25N5O2S. The van der Waals surface area contributed by atoms with Crippen LogP contribution in [0.2, 0.25) is 0 Å². The number of carbonyl (C=O) groups is 2. The number of thioether (sulfide) groups is 1. The van der Waals surface area contributed by atoms with Crippen LogP contribution < -0.4 is 11.1 Å². The highest BCUT2D eigenvalue weighted by Gasteiger charge is 2.30. The van der Waals surface area contributed by atoms with E-state index in [9.17, 15) is 9.59 Å². The maximum atomic E-state index is 12.7. The fourth-order valence-electron chi connectivity index (χ4n) is 2.89. The van der Waals surface area contributed by atoms with Gasteiger partial charge in [-0.2, -0.15) is 16.9 Å². The lowest BCUT2D eigenvalue weighted by atomic mass is 10.0. The van der Waals surface area contributed by atoms with Gasteiger partial charge in [-0.25, -0.2) is 4.79 Å². The molecule has 2 atom stereocenters. The minimum atomic E-state index is -0.652. The Labute approximate surface area is 141 Å². The van der Waals surface area contributed by atoms with E-state index in [1.165, 1.54) is 0 Å². The molecule has 3 N–H and O–H groups in total. The monoisotopic (exact) mass is 339 g/mol. The summed E-state index contributed by atoms with van der Waals surface area (Å²) in [5.74, 6) is 0.748. The van der Waals surface area contributed by atoms with Crippen molar-refractivity contribution in [2.24, 2.45) is 5.73 Å². The van der Waals surface area contributed by atoms with Crippen LogP contribution in [0.4, 0.5) is 4.79 Å². The van der Waals surface area contributed by atoms with Gasteiger partial charge in [-0.3, -0.25) is 9.48 Å². The highest BCUT2D eigenvalue weighted by Crippen LogP contribution is 2.22. The number of amides is 3. The summed E-state index contributed by atoms with van der Waals surface area (Å²) in [6.45, 7) is 3.34. The molecule has 0 aliphatic carbocycles. The molecule has 0 radical (unpaired) electrons. The maximum absolute atomic E-state index is 12.7. The number of urea groups is 1. The Bertz CT molecular complexity index is 548. The van der Waals surface area contributed by atoms with Crippen molar-refractivity contribution in [1.82, 2.24) is 20.0 Å². The molecule has 1 aromatic heterocycles. The molecule has 3 amide bonds. The second-order valence-electron chi connectivity index (χ2n) is 5.92. The van der Waals surface area contributed by atoms with Crippen molar-refractivity contribution in [3.05, 3.63) is 18.0 Å².